The minimum absolute atomic E-state index is 0.287. The summed E-state index contributed by atoms with van der Waals surface area (Å²) in [4.78, 5) is 13.7. The molecule has 0 aromatic carbocycles. The average molecular weight is 209 g/mol. The first kappa shape index (κ1) is 11.0. The quantitative estimate of drug-likeness (QED) is 0.601. The summed E-state index contributed by atoms with van der Waals surface area (Å²) in [5, 5.41) is 0. The van der Waals surface area contributed by atoms with Crippen LogP contribution in [0.5, 0.6) is 0 Å². The molecule has 1 amide bonds. The predicted molar refractivity (Wildman–Crippen MR) is 61.5 cm³/mol. The highest BCUT2D eigenvalue weighted by Gasteiger charge is 2.44. The second-order valence-corrected chi connectivity index (χ2v) is 6.35. The number of carbonyl (C=O) groups excluding carboxylic acids is 1. The van der Waals surface area contributed by atoms with Crippen molar-refractivity contribution in [1.82, 2.24) is 4.90 Å². The van der Waals surface area contributed by atoms with Crippen LogP contribution in [-0.4, -0.2) is 22.9 Å². The van der Waals surface area contributed by atoms with Gasteiger partial charge in [0.2, 0.25) is 5.91 Å². The van der Waals surface area contributed by atoms with E-state index in [0.717, 1.165) is 5.92 Å². The number of fused-ring (bicyclic) bond motifs is 2. The minimum atomic E-state index is 0.287. The zero-order valence-electron chi connectivity index (χ0n) is 10.4. The van der Waals surface area contributed by atoms with E-state index in [4.69, 9.17) is 0 Å². The van der Waals surface area contributed by atoms with E-state index in [1.165, 1.54) is 25.7 Å². The molecule has 2 heteroatoms. The van der Waals surface area contributed by atoms with Gasteiger partial charge in [0.05, 0.1) is 0 Å². The van der Waals surface area contributed by atoms with Crippen molar-refractivity contribution in [1.29, 1.82) is 0 Å². The maximum absolute atomic E-state index is 11.5. The summed E-state index contributed by atoms with van der Waals surface area (Å²) in [5.74, 6) is 1.08. The van der Waals surface area contributed by atoms with Gasteiger partial charge in [-0.2, -0.15) is 0 Å². The Bertz CT molecular complexity index is 252. The average Bonchev–Trinajstić information content (AvgIpc) is 2.35. The number of amides is 1. The molecule has 2 rings (SSSR count). The van der Waals surface area contributed by atoms with Gasteiger partial charge >= 0.3 is 0 Å². The van der Waals surface area contributed by atoms with Crippen molar-refractivity contribution in [3.8, 4) is 0 Å². The molecule has 0 aromatic heterocycles. The van der Waals surface area contributed by atoms with Gasteiger partial charge in [0.15, 0.2) is 0 Å². The fourth-order valence-electron chi connectivity index (χ4n) is 3.40. The maximum atomic E-state index is 11.5. The van der Waals surface area contributed by atoms with Gasteiger partial charge in [0, 0.05) is 19.0 Å². The molecule has 1 unspecified atom stereocenters. The van der Waals surface area contributed by atoms with Crippen molar-refractivity contribution in [3.63, 3.8) is 0 Å². The van der Waals surface area contributed by atoms with Crippen molar-refractivity contribution in [2.24, 2.45) is 11.3 Å². The van der Waals surface area contributed by atoms with Gasteiger partial charge in [0.1, 0.15) is 0 Å². The molecule has 2 fully saturated rings. The monoisotopic (exact) mass is 209 g/mol. The number of rotatable bonds is 0. The zero-order valence-corrected chi connectivity index (χ0v) is 10.4. The highest BCUT2D eigenvalue weighted by Crippen LogP contribution is 2.45. The molecule has 0 aromatic rings. The Morgan fingerprint density at radius 2 is 1.60 bits per heavy atom. The van der Waals surface area contributed by atoms with Crippen LogP contribution in [0.25, 0.3) is 0 Å². The SMILES string of the molecule is CC(=O)N1[C@@H]2CC[C@H]1CC(C(C)(C)C)C2. The molecule has 2 aliphatic heterocycles. The van der Waals surface area contributed by atoms with Gasteiger partial charge in [-0.25, -0.2) is 0 Å². The van der Waals surface area contributed by atoms with Crippen LogP contribution in [0.1, 0.15) is 53.4 Å². The van der Waals surface area contributed by atoms with Gasteiger partial charge in [0.25, 0.3) is 0 Å². The molecule has 86 valence electrons. The van der Waals surface area contributed by atoms with Crippen molar-refractivity contribution < 1.29 is 4.79 Å². The van der Waals surface area contributed by atoms with E-state index in [1.54, 1.807) is 6.92 Å². The lowest BCUT2D eigenvalue weighted by Crippen LogP contribution is -2.47. The molecule has 2 aliphatic rings. The lowest BCUT2D eigenvalue weighted by molar-refractivity contribution is -0.134. The molecule has 0 N–H and O–H groups in total. The van der Waals surface area contributed by atoms with Crippen LogP contribution in [0.4, 0.5) is 0 Å². The first-order valence-electron chi connectivity index (χ1n) is 6.18. The molecular formula is C13H23NO. The van der Waals surface area contributed by atoms with E-state index in [2.05, 4.69) is 25.7 Å². The molecule has 2 heterocycles. The molecule has 15 heavy (non-hydrogen) atoms. The molecule has 3 atom stereocenters. The Labute approximate surface area is 93.0 Å². The molecule has 0 saturated carbocycles. The summed E-state index contributed by atoms with van der Waals surface area (Å²) < 4.78 is 0. The van der Waals surface area contributed by atoms with Crippen LogP contribution in [0.15, 0.2) is 0 Å². The van der Waals surface area contributed by atoms with Crippen LogP contribution in [0, 0.1) is 11.3 Å². The lowest BCUT2D eigenvalue weighted by Gasteiger charge is -2.43. The van der Waals surface area contributed by atoms with Crippen LogP contribution in [0.3, 0.4) is 0 Å². The van der Waals surface area contributed by atoms with Crippen LogP contribution in [-0.2, 0) is 4.79 Å². The summed E-state index contributed by atoms with van der Waals surface area (Å²) >= 11 is 0. The predicted octanol–water partition coefficient (Wildman–Crippen LogP) is 2.82. The van der Waals surface area contributed by atoms with Crippen LogP contribution in [0.2, 0.25) is 0 Å². The largest absolute Gasteiger partial charge is 0.337 e. The second kappa shape index (κ2) is 3.50. The Morgan fingerprint density at radius 1 is 1.13 bits per heavy atom. The van der Waals surface area contributed by atoms with Crippen molar-refractivity contribution in [2.75, 3.05) is 0 Å². The third kappa shape index (κ3) is 1.91. The second-order valence-electron chi connectivity index (χ2n) is 6.35. The first-order chi connectivity index (χ1) is 6.89. The molecule has 0 aliphatic carbocycles. The standard InChI is InChI=1S/C13H23NO/c1-9(15)14-11-5-6-12(14)8-10(7-11)13(2,3)4/h10-12H,5-8H2,1-4H3/t10?,11-,12+. The highest BCUT2D eigenvalue weighted by atomic mass is 16.2. The van der Waals surface area contributed by atoms with Crippen molar-refractivity contribution in [2.45, 2.75) is 65.5 Å². The van der Waals surface area contributed by atoms with Crippen LogP contribution < -0.4 is 0 Å². The third-order valence-electron chi connectivity index (χ3n) is 4.32. The summed E-state index contributed by atoms with van der Waals surface area (Å²) in [7, 11) is 0. The zero-order chi connectivity index (χ0) is 11.2. The summed E-state index contributed by atoms with van der Waals surface area (Å²) in [6, 6.07) is 1.09. The van der Waals surface area contributed by atoms with E-state index in [9.17, 15) is 4.79 Å². The topological polar surface area (TPSA) is 20.3 Å². The number of hydrogen-bond acceptors (Lipinski definition) is 1. The summed E-state index contributed by atoms with van der Waals surface area (Å²) in [6.45, 7) is 8.73. The van der Waals surface area contributed by atoms with Gasteiger partial charge in [-0.15, -0.1) is 0 Å². The maximum Gasteiger partial charge on any atom is 0.219 e. The molecule has 0 radical (unpaired) electrons. The van der Waals surface area contributed by atoms with E-state index in [1.807, 2.05) is 0 Å². The summed E-state index contributed by atoms with van der Waals surface area (Å²) in [6.07, 6.45) is 4.91. The number of piperidine rings is 1. The Morgan fingerprint density at radius 3 is 1.93 bits per heavy atom. The van der Waals surface area contributed by atoms with Crippen LogP contribution >= 0.6 is 0 Å². The number of nitrogens with zero attached hydrogens (tertiary/aromatic N) is 1. The van der Waals surface area contributed by atoms with E-state index < -0.39 is 0 Å². The molecule has 2 bridgehead atoms. The number of hydrogen-bond donors (Lipinski definition) is 0. The van der Waals surface area contributed by atoms with E-state index in [-0.39, 0.29) is 5.91 Å². The molecule has 0 spiro atoms. The Balaban J connectivity index is 2.11. The number of carbonyl (C=O) groups is 1. The molecular weight excluding hydrogens is 186 g/mol. The third-order valence-corrected chi connectivity index (χ3v) is 4.32. The smallest absolute Gasteiger partial charge is 0.219 e. The van der Waals surface area contributed by atoms with Crippen molar-refractivity contribution >= 4 is 5.91 Å². The van der Waals surface area contributed by atoms with E-state index >= 15 is 0 Å². The minimum Gasteiger partial charge on any atom is -0.337 e. The fraction of sp³-hybridized carbons (Fsp3) is 0.923. The van der Waals surface area contributed by atoms with E-state index in [0.29, 0.717) is 17.5 Å². The van der Waals surface area contributed by atoms with Gasteiger partial charge < -0.3 is 4.90 Å². The summed E-state index contributed by atoms with van der Waals surface area (Å²) in [5.41, 5.74) is 0.406. The lowest BCUT2D eigenvalue weighted by atomic mass is 9.73. The fourth-order valence-corrected chi connectivity index (χ4v) is 3.40. The Kier molecular flexibility index (Phi) is 2.56. The highest BCUT2D eigenvalue weighted by molar-refractivity contribution is 5.74. The normalized spacial score (nSPS) is 35.7. The Hall–Kier alpha value is -0.530. The molecule has 2 nitrogen and oxygen atoms in total. The first-order valence-corrected chi connectivity index (χ1v) is 6.18. The van der Waals surface area contributed by atoms with Crippen molar-refractivity contribution in [3.05, 3.63) is 0 Å². The van der Waals surface area contributed by atoms with Gasteiger partial charge in [-0.3, -0.25) is 4.79 Å². The van der Waals surface area contributed by atoms with Gasteiger partial charge in [-0.05, 0) is 37.0 Å². The molecule has 2 saturated heterocycles. The van der Waals surface area contributed by atoms with Gasteiger partial charge in [-0.1, -0.05) is 20.8 Å².